The summed E-state index contributed by atoms with van der Waals surface area (Å²) in [6.07, 6.45) is 4.32. The molecule has 0 amide bonds. The highest BCUT2D eigenvalue weighted by Gasteiger charge is 2.37. The van der Waals surface area contributed by atoms with Crippen molar-refractivity contribution < 1.29 is 22.4 Å². The summed E-state index contributed by atoms with van der Waals surface area (Å²) in [7, 11) is -0.794. The van der Waals surface area contributed by atoms with Gasteiger partial charge in [0.1, 0.15) is 22.1 Å². The van der Waals surface area contributed by atoms with Crippen molar-refractivity contribution >= 4 is 10.0 Å². The zero-order chi connectivity index (χ0) is 21.8. The summed E-state index contributed by atoms with van der Waals surface area (Å²) in [5, 5.41) is 4.02. The first-order chi connectivity index (χ1) is 15.0. The van der Waals surface area contributed by atoms with Gasteiger partial charge in [0.25, 0.3) is 5.89 Å². The third-order valence-electron chi connectivity index (χ3n) is 5.33. The smallest absolute Gasteiger partial charge is 0.276 e. The van der Waals surface area contributed by atoms with Gasteiger partial charge >= 0.3 is 0 Å². The van der Waals surface area contributed by atoms with Crippen LogP contribution in [-0.2, 0) is 16.4 Å². The van der Waals surface area contributed by atoms with Crippen LogP contribution in [0.2, 0.25) is 0 Å². The average Bonchev–Trinajstić information content (AvgIpc) is 3.47. The van der Waals surface area contributed by atoms with Crippen LogP contribution in [0.1, 0.15) is 25.1 Å². The molecule has 1 atom stereocenters. The predicted molar refractivity (Wildman–Crippen MR) is 112 cm³/mol. The van der Waals surface area contributed by atoms with Crippen LogP contribution in [0.5, 0.6) is 11.5 Å². The van der Waals surface area contributed by atoms with Gasteiger partial charge in [-0.25, -0.2) is 8.42 Å². The van der Waals surface area contributed by atoms with Gasteiger partial charge in [-0.15, -0.1) is 0 Å². The number of rotatable bonds is 8. The van der Waals surface area contributed by atoms with Gasteiger partial charge in [0.2, 0.25) is 10.0 Å². The molecule has 1 saturated heterocycles. The average molecular weight is 445 g/mol. The van der Waals surface area contributed by atoms with Gasteiger partial charge in [-0.05, 0) is 43.5 Å². The largest absolute Gasteiger partial charge is 0.497 e. The molecule has 3 aromatic rings. The molecule has 1 aliphatic heterocycles. The first kappa shape index (κ1) is 21.3. The van der Waals surface area contributed by atoms with Gasteiger partial charge in [0.15, 0.2) is 5.82 Å². The molecule has 2 aromatic heterocycles. The van der Waals surface area contributed by atoms with Crippen LogP contribution in [0.25, 0.3) is 11.6 Å². The summed E-state index contributed by atoms with van der Waals surface area (Å²) in [6.45, 7) is 0.457. The Morgan fingerprint density at radius 2 is 2.06 bits per heavy atom. The van der Waals surface area contributed by atoms with Crippen molar-refractivity contribution in [2.24, 2.45) is 0 Å². The number of methoxy groups -OCH3 is 2. The summed E-state index contributed by atoms with van der Waals surface area (Å²) in [5.41, 5.74) is 0.608. The van der Waals surface area contributed by atoms with E-state index < -0.39 is 10.0 Å². The number of nitrogens with zero attached hydrogens (tertiary/aromatic N) is 4. The molecular formula is C21H24N4O5S. The molecule has 0 spiro atoms. The van der Waals surface area contributed by atoms with Crippen LogP contribution in [0.3, 0.4) is 0 Å². The lowest BCUT2D eigenvalue weighted by Gasteiger charge is -2.24. The van der Waals surface area contributed by atoms with Crippen LogP contribution in [0, 0.1) is 0 Å². The van der Waals surface area contributed by atoms with Crippen molar-refractivity contribution in [2.75, 3.05) is 20.8 Å². The van der Waals surface area contributed by atoms with Crippen molar-refractivity contribution in [1.29, 1.82) is 0 Å². The van der Waals surface area contributed by atoms with Gasteiger partial charge in [0, 0.05) is 31.3 Å². The maximum Gasteiger partial charge on any atom is 0.276 e. The number of pyridine rings is 1. The second kappa shape index (κ2) is 9.03. The third kappa shape index (κ3) is 4.40. The number of benzene rings is 1. The fourth-order valence-corrected chi connectivity index (χ4v) is 5.67. The van der Waals surface area contributed by atoms with E-state index in [1.165, 1.54) is 20.3 Å². The second-order valence-corrected chi connectivity index (χ2v) is 9.06. The normalized spacial score (nSPS) is 17.0. The molecule has 1 fully saturated rings. The minimum Gasteiger partial charge on any atom is -0.497 e. The quantitative estimate of drug-likeness (QED) is 0.522. The number of hydrogen-bond donors (Lipinski definition) is 0. The number of hydrogen-bond acceptors (Lipinski definition) is 8. The second-order valence-electron chi connectivity index (χ2n) is 7.20. The van der Waals surface area contributed by atoms with Gasteiger partial charge in [0.05, 0.1) is 14.2 Å². The molecule has 31 heavy (non-hydrogen) atoms. The first-order valence-electron chi connectivity index (χ1n) is 10.0. The first-order valence-corrected chi connectivity index (χ1v) is 11.4. The van der Waals surface area contributed by atoms with Gasteiger partial charge in [-0.1, -0.05) is 11.2 Å². The Kier molecular flexibility index (Phi) is 6.19. The zero-order valence-electron chi connectivity index (χ0n) is 17.4. The predicted octanol–water partition coefficient (Wildman–Crippen LogP) is 2.93. The van der Waals surface area contributed by atoms with Gasteiger partial charge in [-0.2, -0.15) is 9.29 Å². The molecule has 1 aromatic carbocycles. The van der Waals surface area contributed by atoms with Gasteiger partial charge in [-0.3, -0.25) is 4.98 Å². The molecule has 0 aliphatic carbocycles. The highest BCUT2D eigenvalue weighted by Crippen LogP contribution is 2.35. The monoisotopic (exact) mass is 444 g/mol. The highest BCUT2D eigenvalue weighted by molar-refractivity contribution is 7.89. The molecule has 0 bridgehead atoms. The van der Waals surface area contributed by atoms with Crippen LogP contribution < -0.4 is 9.47 Å². The molecular weight excluding hydrogens is 420 g/mol. The molecule has 3 heterocycles. The van der Waals surface area contributed by atoms with Crippen molar-refractivity contribution in [3.63, 3.8) is 0 Å². The zero-order valence-corrected chi connectivity index (χ0v) is 18.2. The van der Waals surface area contributed by atoms with E-state index in [1.54, 1.807) is 28.7 Å². The van der Waals surface area contributed by atoms with Crippen molar-refractivity contribution in [1.82, 2.24) is 19.4 Å². The lowest BCUT2D eigenvalue weighted by Crippen LogP contribution is -2.36. The number of sulfonamides is 1. The Morgan fingerprint density at radius 1 is 1.19 bits per heavy atom. The van der Waals surface area contributed by atoms with E-state index in [9.17, 15) is 8.42 Å². The minimum atomic E-state index is -3.75. The molecule has 0 N–H and O–H groups in total. The van der Waals surface area contributed by atoms with Crippen LogP contribution in [0.4, 0.5) is 0 Å². The minimum absolute atomic E-state index is 0.109. The fraction of sp³-hybridized carbons (Fsp3) is 0.381. The highest BCUT2D eigenvalue weighted by atomic mass is 32.2. The number of aryl methyl sites for hydroxylation is 1. The maximum absolute atomic E-state index is 13.4. The topological polar surface area (TPSA) is 108 Å². The van der Waals surface area contributed by atoms with Crippen molar-refractivity contribution in [2.45, 2.75) is 36.6 Å². The molecule has 10 heteroatoms. The Labute approximate surface area is 181 Å². The number of aromatic nitrogens is 3. The Bertz CT molecular complexity index is 1130. The SMILES string of the molecule is COc1ccc(OC)c(S(=O)(=O)N2CCCC2CCc2noc(-c3ccccn3)n2)c1. The van der Waals surface area contributed by atoms with Crippen LogP contribution in [0.15, 0.2) is 52.0 Å². The number of ether oxygens (including phenoxy) is 2. The van der Waals surface area contributed by atoms with E-state index in [0.717, 1.165) is 12.8 Å². The Morgan fingerprint density at radius 3 is 2.81 bits per heavy atom. The Balaban J connectivity index is 1.50. The van der Waals surface area contributed by atoms with E-state index >= 15 is 0 Å². The molecule has 0 radical (unpaired) electrons. The molecule has 0 saturated carbocycles. The molecule has 4 rings (SSSR count). The summed E-state index contributed by atoms with van der Waals surface area (Å²) in [4.78, 5) is 8.70. The maximum atomic E-state index is 13.4. The molecule has 1 unspecified atom stereocenters. The standard InChI is InChI=1S/C21H24N4O5S/c1-28-16-9-10-18(29-2)19(14-16)31(26,27)25-13-5-6-15(25)8-11-20-23-21(30-24-20)17-7-3-4-12-22-17/h3-4,7,9-10,12,14-15H,5-6,8,11,13H2,1-2H3. The van der Waals surface area contributed by atoms with Crippen molar-refractivity contribution in [3.8, 4) is 23.1 Å². The Hall–Kier alpha value is -2.98. The summed E-state index contributed by atoms with van der Waals surface area (Å²) in [5.74, 6) is 1.64. The summed E-state index contributed by atoms with van der Waals surface area (Å²) < 4.78 is 44.2. The van der Waals surface area contributed by atoms with E-state index in [-0.39, 0.29) is 10.9 Å². The summed E-state index contributed by atoms with van der Waals surface area (Å²) in [6, 6.07) is 10.1. The van der Waals surface area contributed by atoms with E-state index in [2.05, 4.69) is 15.1 Å². The van der Waals surface area contributed by atoms with E-state index in [1.807, 2.05) is 12.1 Å². The summed E-state index contributed by atoms with van der Waals surface area (Å²) >= 11 is 0. The third-order valence-corrected chi connectivity index (χ3v) is 7.31. The van der Waals surface area contributed by atoms with Gasteiger partial charge < -0.3 is 14.0 Å². The van der Waals surface area contributed by atoms with E-state index in [0.29, 0.717) is 48.3 Å². The van der Waals surface area contributed by atoms with Crippen LogP contribution >= 0.6 is 0 Å². The van der Waals surface area contributed by atoms with Crippen LogP contribution in [-0.4, -0.2) is 54.7 Å². The lowest BCUT2D eigenvalue weighted by atomic mass is 10.1. The molecule has 9 nitrogen and oxygen atoms in total. The van der Waals surface area contributed by atoms with Crippen molar-refractivity contribution in [3.05, 3.63) is 48.4 Å². The molecule has 164 valence electrons. The lowest BCUT2D eigenvalue weighted by molar-refractivity contribution is 0.357. The molecule has 1 aliphatic rings. The fourth-order valence-electron chi connectivity index (χ4n) is 3.77. The van der Waals surface area contributed by atoms with E-state index in [4.69, 9.17) is 14.0 Å².